The first kappa shape index (κ1) is 25.8. The highest BCUT2D eigenvalue weighted by molar-refractivity contribution is 7.99. The number of benzene rings is 2. The zero-order valence-electron chi connectivity index (χ0n) is 19.7. The maximum atomic E-state index is 13.3. The van der Waals surface area contributed by atoms with E-state index in [0.717, 1.165) is 29.9 Å². The lowest BCUT2D eigenvalue weighted by molar-refractivity contribution is -0.139. The monoisotopic (exact) mass is 456 g/mol. The standard InChI is InChI=1S/C26H36N2O3S/c1-5-7-15-27-26(30)24(6-2)28(17-22-9-8-10-23(16-22)31-4)25(29)19-32-18-21-13-11-20(3)12-14-21/h8-14,16,24H,5-7,15,17-19H2,1-4H3,(H,27,30)/t24-/m0/s1. The molecule has 0 aliphatic carbocycles. The Labute approximate surface area is 196 Å². The summed E-state index contributed by atoms with van der Waals surface area (Å²) in [6, 6.07) is 15.5. The van der Waals surface area contributed by atoms with E-state index in [1.165, 1.54) is 11.1 Å². The minimum atomic E-state index is -0.495. The summed E-state index contributed by atoms with van der Waals surface area (Å²) in [4.78, 5) is 27.9. The first-order valence-corrected chi connectivity index (χ1v) is 12.5. The Morgan fingerprint density at radius 1 is 1.09 bits per heavy atom. The van der Waals surface area contributed by atoms with E-state index in [4.69, 9.17) is 4.74 Å². The molecule has 0 heterocycles. The Kier molecular flexibility index (Phi) is 11.2. The Bertz CT molecular complexity index is 854. The minimum Gasteiger partial charge on any atom is -0.497 e. The van der Waals surface area contributed by atoms with E-state index in [-0.39, 0.29) is 11.8 Å². The van der Waals surface area contributed by atoms with Crippen molar-refractivity contribution in [1.82, 2.24) is 10.2 Å². The van der Waals surface area contributed by atoms with Crippen molar-refractivity contribution < 1.29 is 14.3 Å². The molecule has 32 heavy (non-hydrogen) atoms. The zero-order chi connectivity index (χ0) is 23.3. The molecule has 6 heteroatoms. The third-order valence-electron chi connectivity index (χ3n) is 5.32. The van der Waals surface area contributed by atoms with E-state index < -0.39 is 6.04 Å². The number of thioether (sulfide) groups is 1. The number of nitrogens with zero attached hydrogens (tertiary/aromatic N) is 1. The summed E-state index contributed by atoms with van der Waals surface area (Å²) >= 11 is 1.58. The molecule has 0 unspecified atom stereocenters. The van der Waals surface area contributed by atoms with Crippen molar-refractivity contribution in [2.24, 2.45) is 0 Å². The molecule has 2 rings (SSSR count). The first-order valence-electron chi connectivity index (χ1n) is 11.3. The number of carbonyl (C=O) groups excluding carboxylic acids is 2. The Balaban J connectivity index is 2.12. The Morgan fingerprint density at radius 3 is 2.50 bits per heavy atom. The van der Waals surface area contributed by atoms with Gasteiger partial charge >= 0.3 is 0 Å². The van der Waals surface area contributed by atoms with Crippen molar-refractivity contribution in [2.45, 2.75) is 58.4 Å². The van der Waals surface area contributed by atoms with Crippen molar-refractivity contribution >= 4 is 23.6 Å². The van der Waals surface area contributed by atoms with Gasteiger partial charge in [0.05, 0.1) is 12.9 Å². The molecule has 2 amide bonds. The predicted molar refractivity (Wildman–Crippen MR) is 133 cm³/mol. The fraction of sp³-hybridized carbons (Fsp3) is 0.462. The SMILES string of the molecule is CCCCNC(=O)[C@H](CC)N(Cc1cccc(OC)c1)C(=O)CSCc1ccc(C)cc1. The van der Waals surface area contributed by atoms with Gasteiger partial charge in [-0.3, -0.25) is 9.59 Å². The molecule has 2 aromatic carbocycles. The highest BCUT2D eigenvalue weighted by Crippen LogP contribution is 2.20. The molecule has 2 aromatic rings. The topological polar surface area (TPSA) is 58.6 Å². The molecule has 0 spiro atoms. The zero-order valence-corrected chi connectivity index (χ0v) is 20.5. The average molecular weight is 457 g/mol. The van der Waals surface area contributed by atoms with Gasteiger partial charge in [0.15, 0.2) is 0 Å². The van der Waals surface area contributed by atoms with Gasteiger partial charge < -0.3 is 15.0 Å². The van der Waals surface area contributed by atoms with Gasteiger partial charge in [0, 0.05) is 18.8 Å². The van der Waals surface area contributed by atoms with Crippen molar-refractivity contribution in [3.05, 3.63) is 65.2 Å². The summed E-state index contributed by atoms with van der Waals surface area (Å²) < 4.78 is 5.33. The highest BCUT2D eigenvalue weighted by atomic mass is 32.2. The van der Waals surface area contributed by atoms with Crippen LogP contribution < -0.4 is 10.1 Å². The molecule has 0 aromatic heterocycles. The number of carbonyl (C=O) groups is 2. The molecule has 0 aliphatic rings. The van der Waals surface area contributed by atoms with Crippen LogP contribution >= 0.6 is 11.8 Å². The number of nitrogens with one attached hydrogen (secondary N) is 1. The molecule has 0 bridgehead atoms. The van der Waals surface area contributed by atoms with Crippen LogP contribution in [0.1, 0.15) is 49.8 Å². The number of rotatable bonds is 13. The van der Waals surface area contributed by atoms with E-state index in [2.05, 4.69) is 43.4 Å². The maximum absolute atomic E-state index is 13.3. The fourth-order valence-electron chi connectivity index (χ4n) is 3.42. The summed E-state index contributed by atoms with van der Waals surface area (Å²) in [6.07, 6.45) is 2.51. The van der Waals surface area contributed by atoms with Crippen LogP contribution in [0.4, 0.5) is 0 Å². The van der Waals surface area contributed by atoms with Gasteiger partial charge in [-0.05, 0) is 43.0 Å². The van der Waals surface area contributed by atoms with Gasteiger partial charge in [-0.2, -0.15) is 0 Å². The number of hydrogen-bond acceptors (Lipinski definition) is 4. The molecular weight excluding hydrogens is 420 g/mol. The van der Waals surface area contributed by atoms with Gasteiger partial charge in [-0.25, -0.2) is 0 Å². The number of ether oxygens (including phenoxy) is 1. The van der Waals surface area contributed by atoms with Gasteiger partial charge in [-0.15, -0.1) is 11.8 Å². The summed E-state index contributed by atoms with van der Waals surface area (Å²) in [7, 11) is 1.62. The first-order chi connectivity index (χ1) is 15.5. The van der Waals surface area contributed by atoms with Crippen LogP contribution in [0.3, 0.4) is 0 Å². The fourth-order valence-corrected chi connectivity index (χ4v) is 4.29. The molecule has 1 N–H and O–H groups in total. The van der Waals surface area contributed by atoms with Crippen LogP contribution in [0.2, 0.25) is 0 Å². The molecule has 174 valence electrons. The highest BCUT2D eigenvalue weighted by Gasteiger charge is 2.28. The molecule has 0 aliphatic heterocycles. The van der Waals surface area contributed by atoms with Gasteiger partial charge in [0.2, 0.25) is 11.8 Å². The number of methoxy groups -OCH3 is 1. The quantitative estimate of drug-likeness (QED) is 0.433. The van der Waals surface area contributed by atoms with Crippen LogP contribution in [0.25, 0.3) is 0 Å². The summed E-state index contributed by atoms with van der Waals surface area (Å²) in [5.74, 6) is 1.72. The minimum absolute atomic E-state index is 0.0255. The van der Waals surface area contributed by atoms with E-state index in [9.17, 15) is 9.59 Å². The second kappa shape index (κ2) is 13.8. The summed E-state index contributed by atoms with van der Waals surface area (Å²) in [5, 5.41) is 3.00. The number of aryl methyl sites for hydroxylation is 1. The predicted octanol–water partition coefficient (Wildman–Crippen LogP) is 4.96. The smallest absolute Gasteiger partial charge is 0.242 e. The molecule has 0 saturated heterocycles. The Hall–Kier alpha value is -2.47. The third kappa shape index (κ3) is 8.23. The van der Waals surface area contributed by atoms with Crippen LogP contribution in [0.15, 0.2) is 48.5 Å². The van der Waals surface area contributed by atoms with Crippen LogP contribution in [-0.4, -0.2) is 42.2 Å². The Morgan fingerprint density at radius 2 is 1.84 bits per heavy atom. The molecule has 0 radical (unpaired) electrons. The normalized spacial score (nSPS) is 11.6. The second-order valence-electron chi connectivity index (χ2n) is 7.92. The number of hydrogen-bond donors (Lipinski definition) is 1. The molecule has 0 fully saturated rings. The molecule has 0 saturated carbocycles. The largest absolute Gasteiger partial charge is 0.497 e. The second-order valence-corrected chi connectivity index (χ2v) is 8.91. The van der Waals surface area contributed by atoms with E-state index in [0.29, 0.717) is 25.3 Å². The third-order valence-corrected chi connectivity index (χ3v) is 6.31. The van der Waals surface area contributed by atoms with E-state index in [1.807, 2.05) is 31.2 Å². The summed E-state index contributed by atoms with van der Waals surface area (Å²) in [5.41, 5.74) is 3.36. The molecule has 5 nitrogen and oxygen atoms in total. The average Bonchev–Trinajstić information content (AvgIpc) is 2.80. The van der Waals surface area contributed by atoms with Crippen LogP contribution in [-0.2, 0) is 21.9 Å². The van der Waals surface area contributed by atoms with Gasteiger partial charge in [0.1, 0.15) is 11.8 Å². The lowest BCUT2D eigenvalue weighted by Gasteiger charge is -2.30. The summed E-state index contributed by atoms with van der Waals surface area (Å²) in [6.45, 7) is 7.12. The maximum Gasteiger partial charge on any atom is 0.242 e. The van der Waals surface area contributed by atoms with E-state index in [1.54, 1.807) is 23.8 Å². The van der Waals surface area contributed by atoms with Crippen molar-refractivity contribution in [1.29, 1.82) is 0 Å². The van der Waals surface area contributed by atoms with Crippen molar-refractivity contribution in [2.75, 3.05) is 19.4 Å². The van der Waals surface area contributed by atoms with Crippen molar-refractivity contribution in [3.8, 4) is 5.75 Å². The number of unbranched alkanes of at least 4 members (excludes halogenated alkanes) is 1. The van der Waals surface area contributed by atoms with Gasteiger partial charge in [-0.1, -0.05) is 62.2 Å². The lowest BCUT2D eigenvalue weighted by Crippen LogP contribution is -2.49. The van der Waals surface area contributed by atoms with Crippen LogP contribution in [0.5, 0.6) is 5.75 Å². The number of amides is 2. The van der Waals surface area contributed by atoms with Gasteiger partial charge in [0.25, 0.3) is 0 Å². The van der Waals surface area contributed by atoms with Crippen LogP contribution in [0, 0.1) is 6.92 Å². The molecule has 1 atom stereocenters. The lowest BCUT2D eigenvalue weighted by atomic mass is 10.1. The van der Waals surface area contributed by atoms with Crippen molar-refractivity contribution in [3.63, 3.8) is 0 Å². The van der Waals surface area contributed by atoms with E-state index >= 15 is 0 Å². The molecular formula is C26H36N2O3S.